The van der Waals surface area contributed by atoms with Crippen LogP contribution in [0.3, 0.4) is 0 Å². The van der Waals surface area contributed by atoms with Gasteiger partial charge in [0.1, 0.15) is 0 Å². The number of amides is 1. The second-order valence-corrected chi connectivity index (χ2v) is 4.35. The Bertz CT molecular complexity index is 657. The third-order valence-corrected chi connectivity index (χ3v) is 2.89. The summed E-state index contributed by atoms with van der Waals surface area (Å²) in [6.45, 7) is 0.00573. The lowest BCUT2D eigenvalue weighted by Crippen LogP contribution is -2.15. The second kappa shape index (κ2) is 6.41. The van der Waals surface area contributed by atoms with Crippen molar-refractivity contribution in [3.8, 4) is 0 Å². The lowest BCUT2D eigenvalue weighted by molar-refractivity contribution is 0.102. The predicted octanol–water partition coefficient (Wildman–Crippen LogP) is 2.89. The number of nitrogens with one attached hydrogen (secondary N) is 1. The van der Waals surface area contributed by atoms with Crippen LogP contribution in [0.4, 0.5) is 18.9 Å². The normalized spacial score (nSPS) is 10.5. The quantitative estimate of drug-likeness (QED) is 0.852. The van der Waals surface area contributed by atoms with E-state index >= 15 is 0 Å². The standard InChI is InChI=1S/C15H12F3NO2/c16-12-6-5-11(13(17)14(12)18)15(21)19-10-3-1-9(2-4-10)7-8-20/h1-6,20H,7-8H2,(H,19,21). The van der Waals surface area contributed by atoms with Crippen molar-refractivity contribution in [3.63, 3.8) is 0 Å². The van der Waals surface area contributed by atoms with Crippen LogP contribution in [0.1, 0.15) is 15.9 Å². The highest BCUT2D eigenvalue weighted by Crippen LogP contribution is 2.17. The number of carbonyl (C=O) groups excluding carboxylic acids is 1. The van der Waals surface area contributed by atoms with Crippen LogP contribution in [0.2, 0.25) is 0 Å². The lowest BCUT2D eigenvalue weighted by Gasteiger charge is -2.07. The fourth-order valence-electron chi connectivity index (χ4n) is 1.78. The molecular weight excluding hydrogens is 283 g/mol. The highest BCUT2D eigenvalue weighted by molar-refractivity contribution is 6.04. The van der Waals surface area contributed by atoms with Crippen molar-refractivity contribution in [2.75, 3.05) is 11.9 Å². The van der Waals surface area contributed by atoms with Gasteiger partial charge in [0.05, 0.1) is 5.56 Å². The van der Waals surface area contributed by atoms with Crippen molar-refractivity contribution < 1.29 is 23.1 Å². The number of aliphatic hydroxyl groups excluding tert-OH is 1. The molecule has 0 radical (unpaired) electrons. The zero-order valence-corrected chi connectivity index (χ0v) is 10.9. The van der Waals surface area contributed by atoms with E-state index in [1.807, 2.05) is 0 Å². The van der Waals surface area contributed by atoms with Crippen LogP contribution >= 0.6 is 0 Å². The molecule has 0 aliphatic rings. The first-order chi connectivity index (χ1) is 10.0. The largest absolute Gasteiger partial charge is 0.396 e. The molecule has 3 nitrogen and oxygen atoms in total. The van der Waals surface area contributed by atoms with E-state index in [1.165, 1.54) is 0 Å². The molecule has 2 aromatic rings. The first-order valence-corrected chi connectivity index (χ1v) is 6.17. The smallest absolute Gasteiger partial charge is 0.258 e. The molecule has 0 aliphatic heterocycles. The van der Waals surface area contributed by atoms with Crippen LogP contribution in [0.5, 0.6) is 0 Å². The maximum absolute atomic E-state index is 13.5. The maximum atomic E-state index is 13.5. The molecule has 0 spiro atoms. The van der Waals surface area contributed by atoms with Crippen molar-refractivity contribution in [1.29, 1.82) is 0 Å². The van der Waals surface area contributed by atoms with Gasteiger partial charge in [-0.05, 0) is 36.2 Å². The number of hydrogen-bond acceptors (Lipinski definition) is 2. The van der Waals surface area contributed by atoms with Crippen LogP contribution in [-0.2, 0) is 6.42 Å². The Morgan fingerprint density at radius 1 is 1.00 bits per heavy atom. The molecule has 0 bridgehead atoms. The molecule has 2 N–H and O–H groups in total. The molecule has 0 aliphatic carbocycles. The monoisotopic (exact) mass is 295 g/mol. The number of anilines is 1. The van der Waals surface area contributed by atoms with E-state index in [-0.39, 0.29) is 6.61 Å². The third kappa shape index (κ3) is 3.41. The summed E-state index contributed by atoms with van der Waals surface area (Å²) in [6.07, 6.45) is 0.478. The number of hydrogen-bond donors (Lipinski definition) is 2. The van der Waals surface area contributed by atoms with Gasteiger partial charge in [0, 0.05) is 12.3 Å². The molecule has 2 rings (SSSR count). The van der Waals surface area contributed by atoms with Crippen molar-refractivity contribution in [3.05, 3.63) is 65.0 Å². The minimum absolute atomic E-state index is 0.00573. The molecule has 0 heterocycles. The van der Waals surface area contributed by atoms with Gasteiger partial charge in [0.2, 0.25) is 0 Å². The van der Waals surface area contributed by atoms with Gasteiger partial charge in [-0.3, -0.25) is 4.79 Å². The van der Waals surface area contributed by atoms with Gasteiger partial charge >= 0.3 is 0 Å². The van der Waals surface area contributed by atoms with Gasteiger partial charge in [-0.1, -0.05) is 12.1 Å². The minimum atomic E-state index is -1.68. The molecule has 0 fully saturated rings. The van der Waals surface area contributed by atoms with Crippen molar-refractivity contribution in [2.45, 2.75) is 6.42 Å². The molecule has 21 heavy (non-hydrogen) atoms. The number of carbonyl (C=O) groups is 1. The van der Waals surface area contributed by atoms with E-state index in [0.717, 1.165) is 11.6 Å². The zero-order valence-electron chi connectivity index (χ0n) is 10.9. The Balaban J connectivity index is 2.16. The summed E-state index contributed by atoms with van der Waals surface area (Å²) in [6, 6.07) is 8.09. The minimum Gasteiger partial charge on any atom is -0.396 e. The Labute approximate surface area is 119 Å². The Morgan fingerprint density at radius 3 is 2.29 bits per heavy atom. The summed E-state index contributed by atoms with van der Waals surface area (Å²) in [5, 5.41) is 11.2. The zero-order chi connectivity index (χ0) is 15.4. The van der Waals surface area contributed by atoms with Crippen LogP contribution in [-0.4, -0.2) is 17.6 Å². The average Bonchev–Trinajstić information content (AvgIpc) is 2.47. The first kappa shape index (κ1) is 15.1. The van der Waals surface area contributed by atoms with Crippen LogP contribution in [0, 0.1) is 17.5 Å². The van der Waals surface area contributed by atoms with E-state index in [4.69, 9.17) is 5.11 Å². The van der Waals surface area contributed by atoms with Crippen LogP contribution < -0.4 is 5.32 Å². The summed E-state index contributed by atoms with van der Waals surface area (Å²) >= 11 is 0. The number of rotatable bonds is 4. The van der Waals surface area contributed by atoms with Crippen molar-refractivity contribution >= 4 is 11.6 Å². The van der Waals surface area contributed by atoms with E-state index in [2.05, 4.69) is 5.32 Å². The summed E-state index contributed by atoms with van der Waals surface area (Å²) in [5.74, 6) is -5.43. The maximum Gasteiger partial charge on any atom is 0.258 e. The summed E-state index contributed by atoms with van der Waals surface area (Å²) in [4.78, 5) is 11.8. The van der Waals surface area contributed by atoms with Gasteiger partial charge in [0.15, 0.2) is 17.5 Å². The molecule has 0 saturated heterocycles. The molecule has 110 valence electrons. The molecule has 2 aromatic carbocycles. The van der Waals surface area contributed by atoms with E-state index < -0.39 is 28.9 Å². The van der Waals surface area contributed by atoms with E-state index in [0.29, 0.717) is 18.2 Å². The lowest BCUT2D eigenvalue weighted by atomic mass is 10.1. The highest BCUT2D eigenvalue weighted by atomic mass is 19.2. The van der Waals surface area contributed by atoms with Crippen LogP contribution in [0.25, 0.3) is 0 Å². The van der Waals surface area contributed by atoms with Gasteiger partial charge in [0.25, 0.3) is 5.91 Å². The molecule has 0 unspecified atom stereocenters. The number of halogens is 3. The first-order valence-electron chi connectivity index (χ1n) is 6.17. The van der Waals surface area contributed by atoms with Gasteiger partial charge in [-0.15, -0.1) is 0 Å². The number of benzene rings is 2. The van der Waals surface area contributed by atoms with Crippen LogP contribution in [0.15, 0.2) is 36.4 Å². The van der Waals surface area contributed by atoms with Crippen molar-refractivity contribution in [1.82, 2.24) is 0 Å². The molecule has 0 saturated carbocycles. The topological polar surface area (TPSA) is 49.3 Å². The summed E-state index contributed by atoms with van der Waals surface area (Å²) in [5.41, 5.74) is 0.675. The average molecular weight is 295 g/mol. The number of aliphatic hydroxyl groups is 1. The summed E-state index contributed by atoms with van der Waals surface area (Å²) in [7, 11) is 0. The molecular formula is C15H12F3NO2. The van der Waals surface area contributed by atoms with E-state index in [1.54, 1.807) is 24.3 Å². The van der Waals surface area contributed by atoms with Crippen molar-refractivity contribution in [2.24, 2.45) is 0 Å². The van der Waals surface area contributed by atoms with Gasteiger partial charge in [-0.2, -0.15) is 0 Å². The fraction of sp³-hybridized carbons (Fsp3) is 0.133. The molecule has 6 heteroatoms. The Kier molecular flexibility index (Phi) is 4.59. The fourth-order valence-corrected chi connectivity index (χ4v) is 1.78. The third-order valence-electron chi connectivity index (χ3n) is 2.89. The predicted molar refractivity (Wildman–Crippen MR) is 71.5 cm³/mol. The SMILES string of the molecule is O=C(Nc1ccc(CCO)cc1)c1ccc(F)c(F)c1F. The highest BCUT2D eigenvalue weighted by Gasteiger charge is 2.18. The van der Waals surface area contributed by atoms with Gasteiger partial charge in [-0.25, -0.2) is 13.2 Å². The Morgan fingerprint density at radius 2 is 1.67 bits per heavy atom. The van der Waals surface area contributed by atoms with E-state index in [9.17, 15) is 18.0 Å². The molecule has 0 aromatic heterocycles. The molecule has 0 atom stereocenters. The summed E-state index contributed by atoms with van der Waals surface area (Å²) < 4.78 is 39.4. The Hall–Kier alpha value is -2.34. The molecule has 1 amide bonds. The second-order valence-electron chi connectivity index (χ2n) is 4.35. The van der Waals surface area contributed by atoms with Gasteiger partial charge < -0.3 is 10.4 Å².